The minimum absolute atomic E-state index is 0. The minimum atomic E-state index is -4.60. The number of sulfonamides is 1. The zero-order valence-electron chi connectivity index (χ0n) is 52.0. The van der Waals surface area contributed by atoms with Gasteiger partial charge in [-0.3, -0.25) is 67.5 Å². The molecule has 2 aromatic heterocycles. The van der Waals surface area contributed by atoms with Crippen molar-refractivity contribution in [2.75, 3.05) is 122 Å². The van der Waals surface area contributed by atoms with Crippen LogP contribution in [-0.2, 0) is 94.7 Å². The van der Waals surface area contributed by atoms with Crippen LogP contribution in [-0.4, -0.2) is 278 Å². The van der Waals surface area contributed by atoms with E-state index in [-0.39, 0.29) is 150 Å². The molecule has 1 aliphatic rings. The van der Waals surface area contributed by atoms with E-state index in [0.29, 0.717) is 18.0 Å². The number of amides is 5. The van der Waals surface area contributed by atoms with Crippen LogP contribution >= 0.6 is 21.7 Å². The average molecular weight is 1480 g/mol. The van der Waals surface area contributed by atoms with Crippen LogP contribution in [0.3, 0.4) is 0 Å². The second-order valence-electron chi connectivity index (χ2n) is 21.9. The average Bonchev–Trinajstić information content (AvgIpc) is 0.951. The van der Waals surface area contributed by atoms with Crippen LogP contribution in [0.15, 0.2) is 58.6 Å². The van der Waals surface area contributed by atoms with Crippen LogP contribution in [0.5, 0.6) is 5.75 Å². The van der Waals surface area contributed by atoms with E-state index in [2.05, 4.69) is 46.6 Å². The molecule has 3 unspecified atom stereocenters. The molecule has 525 valence electrons. The van der Waals surface area contributed by atoms with Crippen molar-refractivity contribution in [3.8, 4) is 5.75 Å². The van der Waals surface area contributed by atoms with E-state index >= 15 is 0 Å². The van der Waals surface area contributed by atoms with E-state index in [1.807, 2.05) is 0 Å². The van der Waals surface area contributed by atoms with Gasteiger partial charge in [-0.1, -0.05) is 6.07 Å². The van der Waals surface area contributed by atoms with E-state index < -0.39 is 153 Å². The molecule has 3 heterocycles. The molecule has 0 bridgehead atoms. The second-order valence-corrected chi connectivity index (χ2v) is 26.7. The molecule has 18 N–H and O–H groups in total. The molecule has 41 heteroatoms. The fourth-order valence-electron chi connectivity index (χ4n) is 9.82. The Morgan fingerprint density at radius 1 is 0.663 bits per heavy atom. The Balaban J connectivity index is 0.0000192. The summed E-state index contributed by atoms with van der Waals surface area (Å²) in [7, 11) is -12.1. The molecule has 1 fully saturated rings. The largest absolute Gasteiger partial charge is 0.494 e. The zero-order valence-corrected chi connectivity index (χ0v) is 57.3. The second kappa shape index (κ2) is 37.5. The Morgan fingerprint density at radius 3 is 1.67 bits per heavy atom. The number of hydrogen-bond donors (Lipinski definition) is 18. The van der Waals surface area contributed by atoms with Gasteiger partial charge in [-0.2, -0.15) is 4.72 Å². The van der Waals surface area contributed by atoms with E-state index in [0.717, 1.165) is 5.56 Å². The number of H-pyrrole nitrogens is 1. The van der Waals surface area contributed by atoms with Crippen molar-refractivity contribution in [2.24, 2.45) is 7.05 Å². The number of aryl methyl sites for hydroxylation is 3. The van der Waals surface area contributed by atoms with Crippen molar-refractivity contribution in [3.05, 3.63) is 81.4 Å². The van der Waals surface area contributed by atoms with Crippen molar-refractivity contribution in [1.29, 1.82) is 0 Å². The van der Waals surface area contributed by atoms with Crippen molar-refractivity contribution >= 4 is 102 Å². The first kappa shape index (κ1) is 80.4. The smallest absolute Gasteiger partial charge is 0.323 e. The van der Waals surface area contributed by atoms with E-state index in [9.17, 15) is 104 Å². The van der Waals surface area contributed by atoms with Gasteiger partial charge >= 0.3 is 23.9 Å². The van der Waals surface area contributed by atoms with Crippen molar-refractivity contribution in [2.45, 2.75) is 56.3 Å². The maximum atomic E-state index is 13.7. The van der Waals surface area contributed by atoms with Gasteiger partial charge in [-0.05, 0) is 61.2 Å². The number of aromatic nitrogens is 3. The number of fused-ring (bicyclic) bond motifs is 1. The Morgan fingerprint density at radius 2 is 1.18 bits per heavy atom. The molecular formula is C54H80N14O23S3Y. The maximum Gasteiger partial charge on any atom is 0.323 e. The van der Waals surface area contributed by atoms with Crippen molar-refractivity contribution < 1.29 is 137 Å². The molecule has 5 rings (SSSR count). The summed E-state index contributed by atoms with van der Waals surface area (Å²) in [4.78, 5) is 140. The predicted octanol–water partition coefficient (Wildman–Crippen LogP) is -2.07. The first-order valence-electron chi connectivity index (χ1n) is 28.8. The first-order chi connectivity index (χ1) is 44.1. The number of carboxylic acid groups (broad SMARTS) is 4. The number of anilines is 1. The zero-order chi connectivity index (χ0) is 69.7. The molecule has 1 radical (unpaired) electrons. The molecule has 95 heavy (non-hydrogen) atoms. The van der Waals surface area contributed by atoms with Gasteiger partial charge in [0.25, 0.3) is 5.91 Å². The summed E-state index contributed by atoms with van der Waals surface area (Å²) < 4.78 is 96.4. The molecule has 1 saturated heterocycles. The molecule has 4 aromatic rings. The molecular weight excluding hydrogens is 1400 g/mol. The maximum absolute atomic E-state index is 13.7. The Labute approximate surface area is 572 Å². The molecule has 37 nitrogen and oxygen atoms in total. The van der Waals surface area contributed by atoms with Crippen LogP contribution in [0.2, 0.25) is 0 Å². The number of ether oxygens (including phenoxy) is 1. The molecule has 5 amide bonds. The summed E-state index contributed by atoms with van der Waals surface area (Å²) in [5.41, 5.74) is 0.643. The van der Waals surface area contributed by atoms with Gasteiger partial charge in [0.1, 0.15) is 29.4 Å². The molecule has 2 aromatic carbocycles. The summed E-state index contributed by atoms with van der Waals surface area (Å²) in [6.07, 6.45) is 4.48. The topological polar surface area (TPSA) is 547 Å². The number of carbonyl (C=O) groups excluding carboxylic acids is 5. The third kappa shape index (κ3) is 27.9. The number of rotatable bonds is 34. The van der Waals surface area contributed by atoms with Crippen LogP contribution < -0.4 is 46.8 Å². The summed E-state index contributed by atoms with van der Waals surface area (Å²) in [5.74, 6) is -12.0. The van der Waals surface area contributed by atoms with Crippen LogP contribution in [0.4, 0.5) is 5.95 Å². The standard InChI is InChI=1S/C54H80N14O23S3.Y/c1-33-21-36(22-34(2)49(33)94(89,90)63-39(53(81)82)25-59-50(78)38-26-64(3)42-23-35(6-7-37(42)48(38)77)24-60-54-57-10-11-58-54)91-20-4-5-43(69)55-8-9-56-51(79)40(31-92(83,84)85)62-52(80)41(32-93(86,87)88)61-44(70)27-65-12-14-66(28-45(71)72)16-18-68(30-47(75)76)19-17-67(15-13-65)29-46(73)74;/h6-7,10-11,21-23,26,39-41,63,83-88H,4-5,8-9,12-20,24-25,27-32H2,1-3H3,(H,55,69)(H,56,79)(H,59,78)(H,61,70)(H,62,80)(H,71,72)(H,73,74)(H,75,76)(H,81,82)(H2,57,58,60);. The number of imidazole rings is 1. The summed E-state index contributed by atoms with van der Waals surface area (Å²) in [6, 6.07) is 1.79. The number of nitrogens with zero attached hydrogens (tertiary/aromatic N) is 6. The number of benzene rings is 2. The summed E-state index contributed by atoms with van der Waals surface area (Å²) >= 11 is 0. The van der Waals surface area contributed by atoms with Gasteiger partial charge < -0.3 is 93.9 Å². The third-order valence-corrected chi connectivity index (χ3v) is 17.6. The normalized spacial score (nSPS) is 15.5. The fraction of sp³-hybridized carbons (Fsp3) is 0.500. The van der Waals surface area contributed by atoms with E-state index in [1.54, 1.807) is 42.2 Å². The Hall–Kier alpha value is -7.00. The van der Waals surface area contributed by atoms with Gasteiger partial charge in [0.15, 0.2) is 5.95 Å². The molecule has 0 spiro atoms. The van der Waals surface area contributed by atoms with Gasteiger partial charge in [-0.15, -0.1) is 0 Å². The Kier molecular flexibility index (Phi) is 31.7. The molecule has 3 atom stereocenters. The summed E-state index contributed by atoms with van der Waals surface area (Å²) in [5, 5.41) is 53.3. The van der Waals surface area contributed by atoms with Crippen molar-refractivity contribution in [3.63, 3.8) is 0 Å². The quantitative estimate of drug-likeness (QED) is 0.0224. The number of aromatic amines is 1. The number of carbonyl (C=O) groups is 9. The van der Waals surface area contributed by atoms with Gasteiger partial charge in [0.05, 0.1) is 76.4 Å². The fourth-order valence-corrected chi connectivity index (χ4v) is 12.8. The number of aliphatic carboxylic acids is 4. The third-order valence-electron chi connectivity index (χ3n) is 14.2. The first-order valence-corrected chi connectivity index (χ1v) is 33.7. The monoisotopic (exact) mass is 1480 g/mol. The van der Waals surface area contributed by atoms with Gasteiger partial charge in [-0.25, -0.2) is 13.4 Å². The van der Waals surface area contributed by atoms with Gasteiger partial charge in [0.2, 0.25) is 39.1 Å². The Bertz CT molecular complexity index is 3470. The number of hydrogen-bond acceptors (Lipinski definition) is 25. The van der Waals surface area contributed by atoms with E-state index in [4.69, 9.17) is 4.74 Å². The molecule has 1 aliphatic heterocycles. The molecule has 0 saturated carbocycles. The van der Waals surface area contributed by atoms with Crippen LogP contribution in [0.1, 0.15) is 39.9 Å². The SMILES string of the molecule is Cc1cc(OCCCC(=O)NCCNC(=O)C(CS(O)(O)O)NC(=O)C(CS(O)(O)O)NC(=O)CN2CCN(CC(=O)O)CCN(CC(=O)O)CCN(CC(=O)O)CC2)cc(C)c1S(=O)(=O)NC(CNC(=O)c1cn(C)c2cc(CNc3ncc[nH]3)ccc2c1=O)C(=O)O.[Y]. The number of pyridine rings is 1. The predicted molar refractivity (Wildman–Crippen MR) is 339 cm³/mol. The van der Waals surface area contributed by atoms with Crippen LogP contribution in [0, 0.1) is 13.8 Å². The summed E-state index contributed by atoms with van der Waals surface area (Å²) in [6.45, 7) is 0.0441. The number of carboxylic acids is 4. The number of nitrogens with one attached hydrogen (secondary N) is 8. The van der Waals surface area contributed by atoms with Crippen molar-refractivity contribution in [1.82, 2.24) is 65.4 Å². The minimum Gasteiger partial charge on any atom is -0.494 e. The van der Waals surface area contributed by atoms with Crippen LogP contribution in [0.25, 0.3) is 10.9 Å². The molecule has 0 aliphatic carbocycles. The van der Waals surface area contributed by atoms with Gasteiger partial charge in [0, 0.05) is 149 Å². The van der Waals surface area contributed by atoms with E-state index in [1.165, 1.54) is 51.8 Å².